The summed E-state index contributed by atoms with van der Waals surface area (Å²) in [5, 5.41) is 0. The molecular formula is C9H16. The van der Waals surface area contributed by atoms with Crippen LogP contribution in [0.4, 0.5) is 0 Å². The SMILES string of the molecule is C=C/C(C)=C\CC(C)C. The zero-order chi connectivity index (χ0) is 7.28. The monoisotopic (exact) mass is 124 g/mol. The van der Waals surface area contributed by atoms with Gasteiger partial charge in [-0.3, -0.25) is 0 Å². The maximum absolute atomic E-state index is 3.67. The van der Waals surface area contributed by atoms with E-state index < -0.39 is 0 Å². The molecule has 0 heterocycles. The van der Waals surface area contributed by atoms with Crippen LogP contribution in [0.1, 0.15) is 27.2 Å². The Bertz CT molecular complexity index is 107. The predicted molar refractivity (Wildman–Crippen MR) is 43.4 cm³/mol. The van der Waals surface area contributed by atoms with Gasteiger partial charge in [-0.1, -0.05) is 38.2 Å². The lowest BCUT2D eigenvalue weighted by atomic mass is 10.1. The Hall–Kier alpha value is -0.520. The summed E-state index contributed by atoms with van der Waals surface area (Å²) in [6.07, 6.45) is 5.28. The minimum atomic E-state index is 0.764. The van der Waals surface area contributed by atoms with Crippen molar-refractivity contribution in [1.29, 1.82) is 0 Å². The highest BCUT2D eigenvalue weighted by Crippen LogP contribution is 2.03. The average Bonchev–Trinajstić information content (AvgIpc) is 1.83. The van der Waals surface area contributed by atoms with Gasteiger partial charge in [0, 0.05) is 0 Å². The van der Waals surface area contributed by atoms with E-state index in [1.54, 1.807) is 0 Å². The van der Waals surface area contributed by atoms with Crippen molar-refractivity contribution < 1.29 is 0 Å². The lowest BCUT2D eigenvalue weighted by Crippen LogP contribution is -1.82. The van der Waals surface area contributed by atoms with Crippen LogP contribution in [0.2, 0.25) is 0 Å². The maximum atomic E-state index is 3.67. The van der Waals surface area contributed by atoms with Crippen molar-refractivity contribution in [1.82, 2.24) is 0 Å². The first kappa shape index (κ1) is 8.48. The summed E-state index contributed by atoms with van der Waals surface area (Å²) >= 11 is 0. The molecule has 0 saturated heterocycles. The van der Waals surface area contributed by atoms with Crippen molar-refractivity contribution in [3.63, 3.8) is 0 Å². The molecule has 0 spiro atoms. The highest BCUT2D eigenvalue weighted by Gasteiger charge is 1.87. The van der Waals surface area contributed by atoms with E-state index in [2.05, 4.69) is 33.4 Å². The van der Waals surface area contributed by atoms with Gasteiger partial charge in [-0.15, -0.1) is 0 Å². The smallest absolute Gasteiger partial charge is 0.0322 e. The summed E-state index contributed by atoms with van der Waals surface area (Å²) in [5.74, 6) is 0.764. The fraction of sp³-hybridized carbons (Fsp3) is 0.556. The minimum Gasteiger partial charge on any atom is -0.0988 e. The van der Waals surface area contributed by atoms with Gasteiger partial charge in [-0.05, 0) is 19.3 Å². The first-order valence-electron chi connectivity index (χ1n) is 3.46. The number of hydrogen-bond acceptors (Lipinski definition) is 0. The molecule has 0 aromatic rings. The third-order valence-corrected chi connectivity index (χ3v) is 1.23. The quantitative estimate of drug-likeness (QED) is 0.507. The molecular weight excluding hydrogens is 108 g/mol. The zero-order valence-electron chi connectivity index (χ0n) is 6.65. The second kappa shape index (κ2) is 4.37. The normalized spacial score (nSPS) is 12.2. The van der Waals surface area contributed by atoms with Crippen molar-refractivity contribution in [3.8, 4) is 0 Å². The molecule has 0 atom stereocenters. The molecule has 0 saturated carbocycles. The van der Waals surface area contributed by atoms with E-state index >= 15 is 0 Å². The molecule has 0 unspecified atom stereocenters. The summed E-state index contributed by atoms with van der Waals surface area (Å²) in [4.78, 5) is 0. The van der Waals surface area contributed by atoms with Crippen molar-refractivity contribution in [2.75, 3.05) is 0 Å². The third-order valence-electron chi connectivity index (χ3n) is 1.23. The first-order chi connectivity index (χ1) is 4.16. The van der Waals surface area contributed by atoms with Gasteiger partial charge < -0.3 is 0 Å². The number of hydrogen-bond donors (Lipinski definition) is 0. The van der Waals surface area contributed by atoms with Crippen LogP contribution in [-0.4, -0.2) is 0 Å². The Labute approximate surface area is 58.3 Å². The van der Waals surface area contributed by atoms with Crippen molar-refractivity contribution >= 4 is 0 Å². The van der Waals surface area contributed by atoms with Gasteiger partial charge in [0.25, 0.3) is 0 Å². The molecule has 0 bridgehead atoms. The molecule has 0 nitrogen and oxygen atoms in total. The third kappa shape index (κ3) is 5.35. The lowest BCUT2D eigenvalue weighted by molar-refractivity contribution is 0.662. The predicted octanol–water partition coefficient (Wildman–Crippen LogP) is 3.16. The number of allylic oxidation sites excluding steroid dienone is 3. The standard InChI is InChI=1S/C9H16/c1-5-9(4)7-6-8(2)3/h5,7-8H,1,6H2,2-4H3/b9-7-. The maximum Gasteiger partial charge on any atom is -0.0322 e. The average molecular weight is 124 g/mol. The van der Waals surface area contributed by atoms with Crippen LogP contribution < -0.4 is 0 Å². The van der Waals surface area contributed by atoms with Gasteiger partial charge in [0.05, 0.1) is 0 Å². The summed E-state index contributed by atoms with van der Waals surface area (Å²) in [6, 6.07) is 0. The molecule has 0 aromatic heterocycles. The summed E-state index contributed by atoms with van der Waals surface area (Å²) < 4.78 is 0. The van der Waals surface area contributed by atoms with Crippen LogP contribution in [0.3, 0.4) is 0 Å². The summed E-state index contributed by atoms with van der Waals surface area (Å²) in [7, 11) is 0. The first-order valence-corrected chi connectivity index (χ1v) is 3.46. The molecule has 0 aliphatic rings. The van der Waals surface area contributed by atoms with E-state index in [9.17, 15) is 0 Å². The molecule has 0 radical (unpaired) electrons. The molecule has 0 fully saturated rings. The van der Waals surface area contributed by atoms with Crippen LogP contribution in [0.25, 0.3) is 0 Å². The lowest BCUT2D eigenvalue weighted by Gasteiger charge is -1.97. The molecule has 0 aliphatic heterocycles. The Morgan fingerprint density at radius 2 is 2.11 bits per heavy atom. The Morgan fingerprint density at radius 3 is 2.44 bits per heavy atom. The molecule has 0 aromatic carbocycles. The highest BCUT2D eigenvalue weighted by molar-refractivity contribution is 5.12. The topological polar surface area (TPSA) is 0 Å². The van der Waals surface area contributed by atoms with E-state index in [4.69, 9.17) is 0 Å². The summed E-state index contributed by atoms with van der Waals surface area (Å²) in [5.41, 5.74) is 1.28. The van der Waals surface area contributed by atoms with Crippen LogP contribution >= 0.6 is 0 Å². The van der Waals surface area contributed by atoms with Crippen molar-refractivity contribution in [2.24, 2.45) is 5.92 Å². The summed E-state index contributed by atoms with van der Waals surface area (Å²) in [6.45, 7) is 10.2. The van der Waals surface area contributed by atoms with Gasteiger partial charge in [0.1, 0.15) is 0 Å². The Kier molecular flexibility index (Phi) is 4.12. The van der Waals surface area contributed by atoms with Crippen LogP contribution in [-0.2, 0) is 0 Å². The molecule has 0 rings (SSSR count). The fourth-order valence-corrected chi connectivity index (χ4v) is 0.505. The van der Waals surface area contributed by atoms with E-state index in [0.717, 1.165) is 12.3 Å². The fourth-order valence-electron chi connectivity index (χ4n) is 0.505. The minimum absolute atomic E-state index is 0.764. The van der Waals surface area contributed by atoms with E-state index in [0.29, 0.717) is 0 Å². The van der Waals surface area contributed by atoms with Crippen molar-refractivity contribution in [3.05, 3.63) is 24.3 Å². The van der Waals surface area contributed by atoms with Gasteiger partial charge in [0.2, 0.25) is 0 Å². The second-order valence-electron chi connectivity index (χ2n) is 2.78. The molecule has 0 N–H and O–H groups in total. The molecule has 52 valence electrons. The van der Waals surface area contributed by atoms with Gasteiger partial charge in [-0.2, -0.15) is 0 Å². The van der Waals surface area contributed by atoms with Crippen LogP contribution in [0, 0.1) is 5.92 Å². The molecule has 9 heavy (non-hydrogen) atoms. The van der Waals surface area contributed by atoms with Crippen molar-refractivity contribution in [2.45, 2.75) is 27.2 Å². The van der Waals surface area contributed by atoms with E-state index in [1.807, 2.05) is 6.08 Å². The molecule has 0 amide bonds. The van der Waals surface area contributed by atoms with E-state index in [1.165, 1.54) is 5.57 Å². The number of rotatable bonds is 3. The van der Waals surface area contributed by atoms with Gasteiger partial charge >= 0.3 is 0 Å². The second-order valence-corrected chi connectivity index (χ2v) is 2.78. The van der Waals surface area contributed by atoms with Crippen LogP contribution in [0.5, 0.6) is 0 Å². The highest BCUT2D eigenvalue weighted by atomic mass is 13.9. The largest absolute Gasteiger partial charge is 0.0988 e. The van der Waals surface area contributed by atoms with Crippen LogP contribution in [0.15, 0.2) is 24.3 Å². The zero-order valence-corrected chi connectivity index (χ0v) is 6.65. The van der Waals surface area contributed by atoms with Gasteiger partial charge in [-0.25, -0.2) is 0 Å². The van der Waals surface area contributed by atoms with Gasteiger partial charge in [0.15, 0.2) is 0 Å². The Balaban J connectivity index is 3.56. The Morgan fingerprint density at radius 1 is 1.56 bits per heavy atom. The van der Waals surface area contributed by atoms with E-state index in [-0.39, 0.29) is 0 Å². The molecule has 0 heteroatoms. The molecule has 0 aliphatic carbocycles.